The Morgan fingerprint density at radius 2 is 1.94 bits per heavy atom. The highest BCUT2D eigenvalue weighted by atomic mass is 32.1. The number of hydrogen-bond acceptors (Lipinski definition) is 5. The molecule has 1 aliphatic rings. The fourth-order valence-electron chi connectivity index (χ4n) is 3.64. The smallest absolute Gasteiger partial charge is 0.349 e. The zero-order valence-electron chi connectivity index (χ0n) is 16.9. The normalized spacial score (nSPS) is 15.5. The molecular formula is C20H20F3N5O2S. The molecule has 1 aliphatic heterocycles. The number of piperidine rings is 1. The first-order valence-corrected chi connectivity index (χ1v) is 10.5. The minimum absolute atomic E-state index is 0.0590. The first-order valence-electron chi connectivity index (χ1n) is 9.69. The molecule has 0 radical (unpaired) electrons. The standard InChI is InChI=1S/C20H20F3N5O2S/c1-11-14-3-4-15(20(21,22)23)26-18(14)31-16(11)19(30)28-7-5-13(6-8-28)25-17(29)12-9-24-27(2)10-12/h3-4,9-10,13H,5-8H2,1-2H3,(H,25,29). The average Bonchev–Trinajstić information content (AvgIpc) is 3.31. The van der Waals surface area contributed by atoms with E-state index < -0.39 is 11.9 Å². The third-order valence-electron chi connectivity index (χ3n) is 5.37. The van der Waals surface area contributed by atoms with Crippen molar-refractivity contribution < 1.29 is 22.8 Å². The maximum absolute atomic E-state index is 13.0. The summed E-state index contributed by atoms with van der Waals surface area (Å²) in [4.78, 5) is 31.3. The monoisotopic (exact) mass is 451 g/mol. The van der Waals surface area contributed by atoms with Gasteiger partial charge in [0.1, 0.15) is 10.5 Å². The molecule has 1 N–H and O–H groups in total. The highest BCUT2D eigenvalue weighted by Crippen LogP contribution is 2.35. The molecule has 0 spiro atoms. The van der Waals surface area contributed by atoms with Crippen molar-refractivity contribution in [3.63, 3.8) is 0 Å². The number of thiophene rings is 1. The molecule has 31 heavy (non-hydrogen) atoms. The lowest BCUT2D eigenvalue weighted by atomic mass is 10.0. The maximum Gasteiger partial charge on any atom is 0.433 e. The van der Waals surface area contributed by atoms with Crippen LogP contribution in [0.3, 0.4) is 0 Å². The lowest BCUT2D eigenvalue weighted by molar-refractivity contribution is -0.140. The van der Waals surface area contributed by atoms with E-state index >= 15 is 0 Å². The van der Waals surface area contributed by atoms with Gasteiger partial charge in [-0.1, -0.05) is 0 Å². The molecule has 7 nitrogen and oxygen atoms in total. The van der Waals surface area contributed by atoms with Crippen molar-refractivity contribution in [2.45, 2.75) is 32.0 Å². The topological polar surface area (TPSA) is 80.1 Å². The molecule has 0 unspecified atom stereocenters. The van der Waals surface area contributed by atoms with Gasteiger partial charge in [-0.25, -0.2) is 4.98 Å². The van der Waals surface area contributed by atoms with Crippen molar-refractivity contribution in [3.05, 3.63) is 46.2 Å². The summed E-state index contributed by atoms with van der Waals surface area (Å²) in [5.74, 6) is -0.420. The van der Waals surface area contributed by atoms with E-state index in [1.165, 1.54) is 12.3 Å². The number of likely N-dealkylation sites (tertiary alicyclic amines) is 1. The number of pyridine rings is 1. The Balaban J connectivity index is 1.43. The minimum Gasteiger partial charge on any atom is -0.349 e. The second-order valence-corrected chi connectivity index (χ2v) is 8.54. The molecule has 4 heterocycles. The highest BCUT2D eigenvalue weighted by molar-refractivity contribution is 7.20. The van der Waals surface area contributed by atoms with Gasteiger partial charge in [0.2, 0.25) is 0 Å². The summed E-state index contributed by atoms with van der Waals surface area (Å²) in [7, 11) is 1.73. The number of rotatable bonds is 3. The molecule has 164 valence electrons. The SMILES string of the molecule is Cc1c(C(=O)N2CCC(NC(=O)c3cnn(C)c3)CC2)sc2nc(C(F)(F)F)ccc12. The summed E-state index contributed by atoms with van der Waals surface area (Å²) in [6.45, 7) is 2.62. The van der Waals surface area contributed by atoms with Crippen LogP contribution in [0.25, 0.3) is 10.2 Å². The fourth-order valence-corrected chi connectivity index (χ4v) is 4.79. The number of amides is 2. The van der Waals surface area contributed by atoms with Crippen LogP contribution < -0.4 is 5.32 Å². The summed E-state index contributed by atoms with van der Waals surface area (Å²) < 4.78 is 40.4. The number of fused-ring (bicyclic) bond motifs is 1. The predicted octanol–water partition coefficient (Wildman–Crippen LogP) is 3.39. The predicted molar refractivity (Wildman–Crippen MR) is 109 cm³/mol. The van der Waals surface area contributed by atoms with E-state index in [1.807, 2.05) is 0 Å². The van der Waals surface area contributed by atoms with Crippen LogP contribution in [0, 0.1) is 6.92 Å². The molecule has 2 amide bonds. The van der Waals surface area contributed by atoms with Crippen LogP contribution in [0.4, 0.5) is 13.2 Å². The van der Waals surface area contributed by atoms with Crippen molar-refractivity contribution in [2.75, 3.05) is 13.1 Å². The van der Waals surface area contributed by atoms with Crippen LogP contribution in [-0.2, 0) is 13.2 Å². The van der Waals surface area contributed by atoms with Crippen molar-refractivity contribution >= 4 is 33.4 Å². The van der Waals surface area contributed by atoms with E-state index in [1.54, 1.807) is 29.7 Å². The fraction of sp³-hybridized carbons (Fsp3) is 0.400. The van der Waals surface area contributed by atoms with E-state index in [4.69, 9.17) is 0 Å². The number of carbonyl (C=O) groups excluding carboxylic acids is 2. The van der Waals surface area contributed by atoms with Crippen LogP contribution >= 0.6 is 11.3 Å². The summed E-state index contributed by atoms with van der Waals surface area (Å²) in [6.07, 6.45) is -0.207. The van der Waals surface area contributed by atoms with E-state index in [-0.39, 0.29) is 22.7 Å². The Kier molecular flexibility index (Phi) is 5.46. The second-order valence-electron chi connectivity index (χ2n) is 7.55. The van der Waals surface area contributed by atoms with Crippen LogP contribution in [-0.4, -0.2) is 50.6 Å². The molecule has 0 atom stereocenters. The zero-order valence-corrected chi connectivity index (χ0v) is 17.7. The summed E-state index contributed by atoms with van der Waals surface area (Å²) >= 11 is 0.986. The van der Waals surface area contributed by atoms with Crippen LogP contribution in [0.5, 0.6) is 0 Å². The van der Waals surface area contributed by atoms with Gasteiger partial charge in [-0.15, -0.1) is 11.3 Å². The molecule has 0 aromatic carbocycles. The van der Waals surface area contributed by atoms with Crippen LogP contribution in [0.15, 0.2) is 24.5 Å². The lowest BCUT2D eigenvalue weighted by Crippen LogP contribution is -2.46. The zero-order chi connectivity index (χ0) is 22.3. The first-order chi connectivity index (χ1) is 14.6. The molecule has 4 rings (SSSR count). The molecule has 1 fully saturated rings. The first kappa shape index (κ1) is 21.3. The second kappa shape index (κ2) is 7.95. The van der Waals surface area contributed by atoms with Gasteiger partial charge in [0, 0.05) is 37.8 Å². The number of aromatic nitrogens is 3. The third-order valence-corrected chi connectivity index (χ3v) is 6.56. The van der Waals surface area contributed by atoms with Gasteiger partial charge in [-0.2, -0.15) is 18.3 Å². The molecule has 3 aromatic heterocycles. The number of nitrogens with one attached hydrogen (secondary N) is 1. The van der Waals surface area contributed by atoms with E-state index in [9.17, 15) is 22.8 Å². The van der Waals surface area contributed by atoms with Crippen LogP contribution in [0.2, 0.25) is 0 Å². The summed E-state index contributed by atoms with van der Waals surface area (Å²) in [5, 5.41) is 7.49. The van der Waals surface area contributed by atoms with Crippen molar-refractivity contribution in [1.29, 1.82) is 0 Å². The Labute approximate surface area is 179 Å². The van der Waals surface area contributed by atoms with Gasteiger partial charge >= 0.3 is 6.18 Å². The summed E-state index contributed by atoms with van der Waals surface area (Å²) in [5.41, 5.74) is 0.149. The maximum atomic E-state index is 13.0. The van der Waals surface area contributed by atoms with E-state index in [0.29, 0.717) is 47.3 Å². The third kappa shape index (κ3) is 4.27. The highest BCUT2D eigenvalue weighted by Gasteiger charge is 2.33. The Hall–Kier alpha value is -2.95. The average molecular weight is 451 g/mol. The Morgan fingerprint density at radius 1 is 1.23 bits per heavy atom. The van der Waals surface area contributed by atoms with Crippen molar-refractivity contribution in [3.8, 4) is 0 Å². The molecule has 0 aliphatic carbocycles. The molecule has 3 aromatic rings. The molecule has 0 bridgehead atoms. The largest absolute Gasteiger partial charge is 0.433 e. The van der Waals surface area contributed by atoms with Crippen molar-refractivity contribution in [2.24, 2.45) is 7.05 Å². The van der Waals surface area contributed by atoms with E-state index in [0.717, 1.165) is 17.4 Å². The summed E-state index contributed by atoms with van der Waals surface area (Å²) in [6, 6.07) is 2.25. The van der Waals surface area contributed by atoms with E-state index in [2.05, 4.69) is 15.4 Å². The van der Waals surface area contributed by atoms with Crippen LogP contribution in [0.1, 0.15) is 44.1 Å². The number of aryl methyl sites for hydroxylation is 2. The number of halogens is 3. The van der Waals surface area contributed by atoms with Gasteiger partial charge in [0.15, 0.2) is 0 Å². The number of carbonyl (C=O) groups is 2. The quantitative estimate of drug-likeness (QED) is 0.662. The number of hydrogen-bond donors (Lipinski definition) is 1. The molecule has 0 saturated carbocycles. The lowest BCUT2D eigenvalue weighted by Gasteiger charge is -2.32. The minimum atomic E-state index is -4.53. The van der Waals surface area contributed by atoms with Gasteiger partial charge in [-0.3, -0.25) is 14.3 Å². The Bertz CT molecular complexity index is 1150. The van der Waals surface area contributed by atoms with Crippen molar-refractivity contribution in [1.82, 2.24) is 25.0 Å². The van der Waals surface area contributed by atoms with Gasteiger partial charge in [0.05, 0.1) is 16.6 Å². The molecule has 11 heteroatoms. The molecular weight excluding hydrogens is 431 g/mol. The number of nitrogens with zero attached hydrogens (tertiary/aromatic N) is 4. The number of alkyl halides is 3. The molecule has 1 saturated heterocycles. The van der Waals surface area contributed by atoms with Gasteiger partial charge in [-0.05, 0) is 37.5 Å². The Morgan fingerprint density at radius 3 is 2.55 bits per heavy atom. The van der Waals surface area contributed by atoms with Gasteiger partial charge in [0.25, 0.3) is 11.8 Å². The van der Waals surface area contributed by atoms with Gasteiger partial charge < -0.3 is 10.2 Å².